The maximum atomic E-state index is 13.7. The van der Waals surface area contributed by atoms with Gasteiger partial charge in [0.2, 0.25) is 5.91 Å². The van der Waals surface area contributed by atoms with Crippen LogP contribution in [0.2, 0.25) is 5.02 Å². The van der Waals surface area contributed by atoms with Gasteiger partial charge in [-0.1, -0.05) is 61.8 Å². The van der Waals surface area contributed by atoms with Crippen LogP contribution < -0.4 is 14.4 Å². The van der Waals surface area contributed by atoms with Gasteiger partial charge in [0.05, 0.1) is 27.2 Å². The van der Waals surface area contributed by atoms with Crippen LogP contribution in [0.3, 0.4) is 0 Å². The van der Waals surface area contributed by atoms with Crippen LogP contribution in [0.25, 0.3) is 0 Å². The molecule has 208 valence electrons. The van der Waals surface area contributed by atoms with Gasteiger partial charge in [0.15, 0.2) is 0 Å². The summed E-state index contributed by atoms with van der Waals surface area (Å²) in [6, 6.07) is 16.3. The van der Waals surface area contributed by atoms with E-state index in [-0.39, 0.29) is 9.92 Å². The van der Waals surface area contributed by atoms with Gasteiger partial charge in [0, 0.05) is 12.0 Å². The Morgan fingerprint density at radius 1 is 1.05 bits per heavy atom. The number of anilines is 1. The molecule has 1 amide bonds. The zero-order valence-electron chi connectivity index (χ0n) is 21.3. The third-order valence-corrected chi connectivity index (χ3v) is 9.08. The van der Waals surface area contributed by atoms with E-state index < -0.39 is 51.5 Å². The summed E-state index contributed by atoms with van der Waals surface area (Å²) < 4.78 is 74.8. The van der Waals surface area contributed by atoms with Crippen LogP contribution >= 0.6 is 11.6 Å². The molecule has 0 fully saturated rings. The molecule has 0 aromatic heterocycles. The van der Waals surface area contributed by atoms with Crippen LogP contribution in [0.4, 0.5) is 18.9 Å². The number of hydrogen-bond acceptors (Lipinski definition) is 4. The van der Waals surface area contributed by atoms with E-state index in [0.717, 1.165) is 17.7 Å². The van der Waals surface area contributed by atoms with Crippen molar-refractivity contribution < 1.29 is 31.1 Å². The molecule has 1 aliphatic rings. The van der Waals surface area contributed by atoms with Crippen molar-refractivity contribution in [3.63, 3.8) is 0 Å². The molecule has 0 aliphatic carbocycles. The maximum Gasteiger partial charge on any atom is 0.416 e. The van der Waals surface area contributed by atoms with Crippen LogP contribution in [0.1, 0.15) is 50.3 Å². The lowest BCUT2D eigenvalue weighted by molar-refractivity contribution is -0.137. The molecule has 39 heavy (non-hydrogen) atoms. The highest BCUT2D eigenvalue weighted by Gasteiger charge is 2.40. The first kappa shape index (κ1) is 28.8. The van der Waals surface area contributed by atoms with E-state index in [9.17, 15) is 26.4 Å². The molecule has 1 atom stereocenters. The molecule has 6 nitrogen and oxygen atoms in total. The van der Waals surface area contributed by atoms with E-state index in [1.54, 1.807) is 12.1 Å². The summed E-state index contributed by atoms with van der Waals surface area (Å²) in [5, 5.41) is 2.65. The van der Waals surface area contributed by atoms with Crippen molar-refractivity contribution in [3.05, 3.63) is 88.9 Å². The number of carbonyl (C=O) groups is 1. The molecule has 0 saturated heterocycles. The van der Waals surface area contributed by atoms with Gasteiger partial charge in [-0.15, -0.1) is 0 Å². The monoisotopic (exact) mass is 580 g/mol. The molecule has 0 bridgehead atoms. The minimum absolute atomic E-state index is 0.196. The second-order valence-corrected chi connectivity index (χ2v) is 11.6. The Labute approximate surface area is 230 Å². The highest BCUT2D eigenvalue weighted by Crippen LogP contribution is 2.43. The minimum atomic E-state index is -4.75. The lowest BCUT2D eigenvalue weighted by Crippen LogP contribution is -2.47. The highest BCUT2D eigenvalue weighted by atomic mass is 35.5. The van der Waals surface area contributed by atoms with Crippen molar-refractivity contribution in [2.24, 2.45) is 0 Å². The Kier molecular flexibility index (Phi) is 8.18. The van der Waals surface area contributed by atoms with Gasteiger partial charge in [0.1, 0.15) is 17.9 Å². The van der Waals surface area contributed by atoms with Gasteiger partial charge in [-0.25, -0.2) is 8.42 Å². The summed E-state index contributed by atoms with van der Waals surface area (Å²) in [5.41, 5.74) is -1.34. The number of rotatable bonds is 8. The Morgan fingerprint density at radius 2 is 1.69 bits per heavy atom. The van der Waals surface area contributed by atoms with Gasteiger partial charge in [-0.2, -0.15) is 13.2 Å². The zero-order valence-corrected chi connectivity index (χ0v) is 22.9. The van der Waals surface area contributed by atoms with E-state index in [1.165, 1.54) is 24.3 Å². The largest absolute Gasteiger partial charge is 0.487 e. The standard InChI is InChI=1S/C28H28ClF3N2O4S/c1-3-27(4-2)17-23(21-12-8-9-13-25(21)38-27)33-26(35)18-34(39(36,37)20-10-6-5-7-11-20)24-16-19(28(30,31)32)14-15-22(24)29/h5-16,23H,3-4,17-18H2,1-2H3,(H,33,35)/t23-/m1/s1. The summed E-state index contributed by atoms with van der Waals surface area (Å²) in [7, 11) is -4.47. The predicted molar refractivity (Wildman–Crippen MR) is 143 cm³/mol. The number of carbonyl (C=O) groups excluding carboxylic acids is 1. The van der Waals surface area contributed by atoms with Crippen molar-refractivity contribution in [1.29, 1.82) is 0 Å². The summed E-state index contributed by atoms with van der Waals surface area (Å²) >= 11 is 6.23. The Balaban J connectivity index is 1.73. The average Bonchev–Trinajstić information content (AvgIpc) is 2.91. The van der Waals surface area contributed by atoms with Crippen LogP contribution in [0.5, 0.6) is 5.75 Å². The van der Waals surface area contributed by atoms with E-state index in [2.05, 4.69) is 5.32 Å². The topological polar surface area (TPSA) is 75.7 Å². The Bertz CT molecular complexity index is 1440. The lowest BCUT2D eigenvalue weighted by atomic mass is 9.83. The van der Waals surface area contributed by atoms with E-state index in [0.29, 0.717) is 35.4 Å². The molecule has 0 unspecified atom stereocenters. The minimum Gasteiger partial charge on any atom is -0.487 e. The second-order valence-electron chi connectivity index (χ2n) is 9.34. The van der Waals surface area contributed by atoms with Crippen LogP contribution in [-0.4, -0.2) is 26.5 Å². The molecule has 0 saturated carbocycles. The number of amides is 1. The fraction of sp³-hybridized carbons (Fsp3) is 0.321. The number of para-hydroxylation sites is 1. The molecule has 0 spiro atoms. The van der Waals surface area contributed by atoms with Crippen molar-refractivity contribution in [2.75, 3.05) is 10.8 Å². The molecule has 4 rings (SSSR count). The number of fused-ring (bicyclic) bond motifs is 1. The number of nitrogens with zero attached hydrogens (tertiary/aromatic N) is 1. The third kappa shape index (κ3) is 6.01. The summed E-state index contributed by atoms with van der Waals surface area (Å²) in [6.45, 7) is 3.18. The normalized spacial score (nSPS) is 16.6. The number of hydrogen-bond donors (Lipinski definition) is 1. The highest BCUT2D eigenvalue weighted by molar-refractivity contribution is 7.92. The van der Waals surface area contributed by atoms with Crippen LogP contribution in [-0.2, 0) is 21.0 Å². The molecular weight excluding hydrogens is 553 g/mol. The summed E-state index contributed by atoms with van der Waals surface area (Å²) in [6.07, 6.45) is -2.95. The Hall–Kier alpha value is -3.24. The van der Waals surface area contributed by atoms with Gasteiger partial charge < -0.3 is 10.1 Å². The molecule has 1 aliphatic heterocycles. The van der Waals surface area contributed by atoms with Crippen molar-refractivity contribution >= 4 is 33.2 Å². The average molecular weight is 581 g/mol. The third-order valence-electron chi connectivity index (χ3n) is 6.98. The fourth-order valence-electron chi connectivity index (χ4n) is 4.70. The van der Waals surface area contributed by atoms with Gasteiger partial charge in [-0.3, -0.25) is 9.10 Å². The molecule has 3 aromatic carbocycles. The number of sulfonamides is 1. The summed E-state index contributed by atoms with van der Waals surface area (Å²) in [4.78, 5) is 13.2. The quantitative estimate of drug-likeness (QED) is 0.320. The molecule has 1 N–H and O–H groups in total. The van der Waals surface area contributed by atoms with Gasteiger partial charge in [-0.05, 0) is 49.2 Å². The zero-order chi connectivity index (χ0) is 28.4. The van der Waals surface area contributed by atoms with Gasteiger partial charge in [0.25, 0.3) is 10.0 Å². The van der Waals surface area contributed by atoms with Crippen molar-refractivity contribution in [2.45, 2.75) is 55.8 Å². The van der Waals surface area contributed by atoms with E-state index in [4.69, 9.17) is 16.3 Å². The first-order chi connectivity index (χ1) is 18.4. The van der Waals surface area contributed by atoms with Crippen LogP contribution in [0.15, 0.2) is 77.7 Å². The second kappa shape index (κ2) is 11.1. The molecule has 11 heteroatoms. The van der Waals surface area contributed by atoms with Crippen LogP contribution in [0, 0.1) is 0 Å². The molecular formula is C28H28ClF3N2O4S. The predicted octanol–water partition coefficient (Wildman–Crippen LogP) is 6.75. The molecule has 1 heterocycles. The first-order valence-corrected chi connectivity index (χ1v) is 14.2. The summed E-state index contributed by atoms with van der Waals surface area (Å²) in [5.74, 6) is -0.0850. The first-order valence-electron chi connectivity index (χ1n) is 12.4. The van der Waals surface area contributed by atoms with E-state index >= 15 is 0 Å². The number of benzene rings is 3. The molecule has 0 radical (unpaired) electrons. The number of halogens is 4. The number of alkyl halides is 3. The fourth-order valence-corrected chi connectivity index (χ4v) is 6.42. The van der Waals surface area contributed by atoms with E-state index in [1.807, 2.05) is 32.0 Å². The van der Waals surface area contributed by atoms with Crippen molar-refractivity contribution in [1.82, 2.24) is 5.32 Å². The molecule has 3 aromatic rings. The lowest BCUT2D eigenvalue weighted by Gasteiger charge is -2.41. The maximum absolute atomic E-state index is 13.7. The number of ether oxygens (including phenoxy) is 1. The van der Waals surface area contributed by atoms with Gasteiger partial charge >= 0.3 is 6.18 Å². The Morgan fingerprint density at radius 3 is 2.33 bits per heavy atom. The SMILES string of the molecule is CCC1(CC)C[C@@H](NC(=O)CN(c2cc(C(F)(F)F)ccc2Cl)S(=O)(=O)c2ccccc2)c2ccccc2O1. The number of nitrogens with one attached hydrogen (secondary N) is 1. The smallest absolute Gasteiger partial charge is 0.416 e. The van der Waals surface area contributed by atoms with Crippen molar-refractivity contribution in [3.8, 4) is 5.75 Å².